The smallest absolute Gasteiger partial charge is 0.118 e. The van der Waals surface area contributed by atoms with Gasteiger partial charge in [0.1, 0.15) is 5.75 Å². The summed E-state index contributed by atoms with van der Waals surface area (Å²) in [7, 11) is 1.68. The predicted molar refractivity (Wildman–Crippen MR) is 85.9 cm³/mol. The molecule has 2 rings (SSSR count). The average molecular weight is 289 g/mol. The van der Waals surface area contributed by atoms with Gasteiger partial charge in [-0.25, -0.2) is 0 Å². The zero-order valence-electron chi connectivity index (χ0n) is 12.5. The highest BCUT2D eigenvalue weighted by Crippen LogP contribution is 2.31. The highest BCUT2D eigenvalue weighted by atomic mass is 35.5. The van der Waals surface area contributed by atoms with Crippen molar-refractivity contribution in [2.24, 2.45) is 0 Å². The third-order valence-corrected chi connectivity index (χ3v) is 4.00. The first-order valence-corrected chi connectivity index (χ1v) is 7.29. The van der Waals surface area contributed by atoms with E-state index in [0.29, 0.717) is 0 Å². The monoisotopic (exact) mass is 288 g/mol. The molecule has 0 bridgehead atoms. The molecule has 2 aromatic carbocycles. The van der Waals surface area contributed by atoms with E-state index in [1.54, 1.807) is 7.11 Å². The Hall–Kier alpha value is -1.47. The van der Waals surface area contributed by atoms with Gasteiger partial charge in [-0.15, -0.1) is 11.6 Å². The third kappa shape index (κ3) is 3.34. The first kappa shape index (κ1) is 14.9. The van der Waals surface area contributed by atoms with Crippen LogP contribution in [0.2, 0.25) is 0 Å². The van der Waals surface area contributed by atoms with E-state index in [9.17, 15) is 0 Å². The molecule has 20 heavy (non-hydrogen) atoms. The number of aryl methyl sites for hydroxylation is 3. The quantitative estimate of drug-likeness (QED) is 0.708. The van der Waals surface area contributed by atoms with E-state index in [4.69, 9.17) is 16.3 Å². The lowest BCUT2D eigenvalue weighted by Crippen LogP contribution is -2.02. The van der Waals surface area contributed by atoms with Crippen molar-refractivity contribution >= 4 is 11.6 Å². The number of hydrogen-bond donors (Lipinski definition) is 0. The maximum absolute atomic E-state index is 6.65. The predicted octanol–water partition coefficient (Wildman–Crippen LogP) is 5.14. The van der Waals surface area contributed by atoms with Crippen molar-refractivity contribution in [3.8, 4) is 5.75 Å². The van der Waals surface area contributed by atoms with E-state index in [2.05, 4.69) is 45.0 Å². The molecule has 1 nitrogen and oxygen atoms in total. The van der Waals surface area contributed by atoms with E-state index < -0.39 is 0 Å². The molecule has 0 amide bonds. The third-order valence-electron chi connectivity index (χ3n) is 3.63. The summed E-state index contributed by atoms with van der Waals surface area (Å²) in [6.45, 7) is 6.40. The summed E-state index contributed by atoms with van der Waals surface area (Å²) >= 11 is 6.65. The molecule has 0 N–H and O–H groups in total. The topological polar surface area (TPSA) is 9.23 Å². The molecule has 2 aromatic rings. The molecular formula is C18H21ClO. The normalized spacial score (nSPS) is 12.2. The molecule has 0 aromatic heterocycles. The highest BCUT2D eigenvalue weighted by Gasteiger charge is 2.14. The number of benzene rings is 2. The molecule has 0 aliphatic carbocycles. The first-order chi connectivity index (χ1) is 9.51. The first-order valence-electron chi connectivity index (χ1n) is 6.86. The van der Waals surface area contributed by atoms with Crippen LogP contribution in [0.4, 0.5) is 0 Å². The summed E-state index contributed by atoms with van der Waals surface area (Å²) in [4.78, 5) is 0. The SMILES string of the molecule is COc1ccc(CC(Cl)c2c(C)cc(C)cc2C)cc1. The minimum atomic E-state index is 0.00370. The molecule has 0 aliphatic heterocycles. The molecule has 0 spiro atoms. The largest absolute Gasteiger partial charge is 0.497 e. The van der Waals surface area contributed by atoms with Crippen LogP contribution in [0, 0.1) is 20.8 Å². The maximum atomic E-state index is 6.65. The highest BCUT2D eigenvalue weighted by molar-refractivity contribution is 6.21. The number of alkyl halides is 1. The summed E-state index contributed by atoms with van der Waals surface area (Å²) in [6, 6.07) is 12.5. The number of ether oxygens (including phenoxy) is 1. The molecule has 1 unspecified atom stereocenters. The van der Waals surface area contributed by atoms with Crippen LogP contribution in [0.25, 0.3) is 0 Å². The van der Waals surface area contributed by atoms with Gasteiger partial charge in [0.15, 0.2) is 0 Å². The second kappa shape index (κ2) is 6.32. The summed E-state index contributed by atoms with van der Waals surface area (Å²) in [5, 5.41) is 0.00370. The Balaban J connectivity index is 2.21. The molecule has 0 aliphatic rings. The lowest BCUT2D eigenvalue weighted by molar-refractivity contribution is 0.414. The standard InChI is InChI=1S/C18H21ClO/c1-12-9-13(2)18(14(3)10-12)17(19)11-15-5-7-16(20-4)8-6-15/h5-10,17H,11H2,1-4H3. The maximum Gasteiger partial charge on any atom is 0.118 e. The van der Waals surface area contributed by atoms with Crippen LogP contribution in [-0.2, 0) is 6.42 Å². The summed E-state index contributed by atoms with van der Waals surface area (Å²) in [5.41, 5.74) is 6.32. The van der Waals surface area contributed by atoms with Gasteiger partial charge in [-0.05, 0) is 61.6 Å². The summed E-state index contributed by atoms with van der Waals surface area (Å²) in [5.74, 6) is 0.877. The molecule has 0 fully saturated rings. The molecule has 106 valence electrons. The van der Waals surface area contributed by atoms with Crippen LogP contribution in [-0.4, -0.2) is 7.11 Å². The van der Waals surface area contributed by atoms with Gasteiger partial charge < -0.3 is 4.74 Å². The van der Waals surface area contributed by atoms with Gasteiger partial charge in [0.2, 0.25) is 0 Å². The fraction of sp³-hybridized carbons (Fsp3) is 0.333. The molecule has 0 radical (unpaired) electrons. The van der Waals surface area contributed by atoms with Gasteiger partial charge in [0, 0.05) is 0 Å². The lowest BCUT2D eigenvalue weighted by Gasteiger charge is -2.17. The van der Waals surface area contributed by atoms with Crippen LogP contribution in [0.5, 0.6) is 5.75 Å². The van der Waals surface area contributed by atoms with Crippen molar-refractivity contribution < 1.29 is 4.74 Å². The van der Waals surface area contributed by atoms with Crippen LogP contribution >= 0.6 is 11.6 Å². The van der Waals surface area contributed by atoms with E-state index in [1.165, 1.54) is 27.8 Å². The van der Waals surface area contributed by atoms with Crippen LogP contribution < -0.4 is 4.74 Å². The Morgan fingerprint density at radius 3 is 2.05 bits per heavy atom. The van der Waals surface area contributed by atoms with Crippen molar-refractivity contribution in [3.63, 3.8) is 0 Å². The molecule has 0 heterocycles. The minimum absolute atomic E-state index is 0.00370. The van der Waals surface area contributed by atoms with E-state index in [1.807, 2.05) is 12.1 Å². The Bertz CT molecular complexity index is 564. The van der Waals surface area contributed by atoms with Gasteiger partial charge in [0.05, 0.1) is 12.5 Å². The van der Waals surface area contributed by atoms with Gasteiger partial charge >= 0.3 is 0 Å². The molecule has 2 heteroatoms. The number of hydrogen-bond acceptors (Lipinski definition) is 1. The second-order valence-corrected chi connectivity index (χ2v) is 5.86. The molecule has 0 saturated carbocycles. The van der Waals surface area contributed by atoms with Crippen molar-refractivity contribution in [2.45, 2.75) is 32.6 Å². The molecule has 0 saturated heterocycles. The van der Waals surface area contributed by atoms with Crippen molar-refractivity contribution in [1.29, 1.82) is 0 Å². The van der Waals surface area contributed by atoms with Gasteiger partial charge in [-0.2, -0.15) is 0 Å². The van der Waals surface area contributed by atoms with Gasteiger partial charge in [-0.3, -0.25) is 0 Å². The summed E-state index contributed by atoms with van der Waals surface area (Å²) < 4.78 is 5.18. The van der Waals surface area contributed by atoms with Gasteiger partial charge in [-0.1, -0.05) is 29.8 Å². The van der Waals surface area contributed by atoms with Crippen molar-refractivity contribution in [1.82, 2.24) is 0 Å². The number of halogens is 1. The zero-order valence-corrected chi connectivity index (χ0v) is 13.3. The Labute approximate surface area is 126 Å². The van der Waals surface area contributed by atoms with Gasteiger partial charge in [0.25, 0.3) is 0 Å². The molecular weight excluding hydrogens is 268 g/mol. The van der Waals surface area contributed by atoms with Crippen LogP contribution in [0.15, 0.2) is 36.4 Å². The lowest BCUT2D eigenvalue weighted by atomic mass is 9.94. The van der Waals surface area contributed by atoms with Crippen molar-refractivity contribution in [3.05, 3.63) is 64.2 Å². The Kier molecular flexibility index (Phi) is 4.72. The Morgan fingerprint density at radius 1 is 1.00 bits per heavy atom. The van der Waals surface area contributed by atoms with Crippen LogP contribution in [0.3, 0.4) is 0 Å². The fourth-order valence-corrected chi connectivity index (χ4v) is 3.28. The molecule has 1 atom stereocenters. The second-order valence-electron chi connectivity index (χ2n) is 5.33. The van der Waals surface area contributed by atoms with Crippen molar-refractivity contribution in [2.75, 3.05) is 7.11 Å². The summed E-state index contributed by atoms with van der Waals surface area (Å²) in [6.07, 6.45) is 0.830. The van der Waals surface area contributed by atoms with E-state index >= 15 is 0 Å². The minimum Gasteiger partial charge on any atom is -0.497 e. The van der Waals surface area contributed by atoms with E-state index in [0.717, 1.165) is 12.2 Å². The fourth-order valence-electron chi connectivity index (χ4n) is 2.76. The van der Waals surface area contributed by atoms with Crippen LogP contribution in [0.1, 0.15) is 33.2 Å². The van der Waals surface area contributed by atoms with E-state index in [-0.39, 0.29) is 5.38 Å². The Morgan fingerprint density at radius 2 is 1.55 bits per heavy atom. The number of methoxy groups -OCH3 is 1. The zero-order chi connectivity index (χ0) is 14.7. The number of rotatable bonds is 4. The average Bonchev–Trinajstić information content (AvgIpc) is 2.38.